The standard InChI is InChI=1S/C16H26N4O/c1-4-18-10-13-5-7-20(8-6-13)16-14(15(17)21)11(2)9-12(3)19-16/h9,13,18H,4-8,10H2,1-3H3,(H2,17,21). The molecule has 1 aromatic rings. The van der Waals surface area contributed by atoms with Gasteiger partial charge in [0.15, 0.2) is 0 Å². The molecule has 1 aliphatic heterocycles. The van der Waals surface area contributed by atoms with Crippen molar-refractivity contribution in [1.29, 1.82) is 0 Å². The van der Waals surface area contributed by atoms with Gasteiger partial charge in [0.25, 0.3) is 5.91 Å². The highest BCUT2D eigenvalue weighted by Gasteiger charge is 2.24. The lowest BCUT2D eigenvalue weighted by molar-refractivity contribution is 0.0999. The van der Waals surface area contributed by atoms with Gasteiger partial charge in [0, 0.05) is 18.8 Å². The average molecular weight is 290 g/mol. The van der Waals surface area contributed by atoms with E-state index in [0.29, 0.717) is 11.5 Å². The maximum absolute atomic E-state index is 11.7. The molecule has 0 unspecified atom stereocenters. The number of hydrogen-bond acceptors (Lipinski definition) is 4. The van der Waals surface area contributed by atoms with Crippen molar-refractivity contribution in [3.05, 3.63) is 22.9 Å². The van der Waals surface area contributed by atoms with Crippen LogP contribution in [-0.2, 0) is 0 Å². The summed E-state index contributed by atoms with van der Waals surface area (Å²) in [7, 11) is 0. The summed E-state index contributed by atoms with van der Waals surface area (Å²) in [5.74, 6) is 1.09. The minimum Gasteiger partial charge on any atom is -0.365 e. The first-order chi connectivity index (χ1) is 10.0. The Kier molecular flexibility index (Phi) is 5.17. The largest absolute Gasteiger partial charge is 0.365 e. The number of amides is 1. The van der Waals surface area contributed by atoms with Gasteiger partial charge in [0.05, 0.1) is 5.56 Å². The first-order valence-electron chi connectivity index (χ1n) is 7.76. The van der Waals surface area contributed by atoms with Gasteiger partial charge >= 0.3 is 0 Å². The number of pyridine rings is 1. The Hall–Kier alpha value is -1.62. The molecule has 0 saturated carbocycles. The Morgan fingerprint density at radius 3 is 2.67 bits per heavy atom. The van der Waals surface area contributed by atoms with Gasteiger partial charge < -0.3 is 16.0 Å². The summed E-state index contributed by atoms with van der Waals surface area (Å²) in [4.78, 5) is 18.5. The van der Waals surface area contributed by atoms with E-state index in [-0.39, 0.29) is 5.91 Å². The van der Waals surface area contributed by atoms with E-state index in [2.05, 4.69) is 22.1 Å². The van der Waals surface area contributed by atoms with E-state index in [1.807, 2.05) is 19.9 Å². The van der Waals surface area contributed by atoms with Crippen molar-refractivity contribution in [1.82, 2.24) is 10.3 Å². The Labute approximate surface area is 126 Å². The SMILES string of the molecule is CCNCC1CCN(c2nc(C)cc(C)c2C(N)=O)CC1. The number of aryl methyl sites for hydroxylation is 2. The predicted molar refractivity (Wildman–Crippen MR) is 85.7 cm³/mol. The summed E-state index contributed by atoms with van der Waals surface area (Å²) in [6.07, 6.45) is 2.25. The fraction of sp³-hybridized carbons (Fsp3) is 0.625. The number of piperidine rings is 1. The molecule has 21 heavy (non-hydrogen) atoms. The van der Waals surface area contributed by atoms with E-state index < -0.39 is 0 Å². The zero-order chi connectivity index (χ0) is 15.4. The molecule has 1 aliphatic rings. The third kappa shape index (κ3) is 3.73. The lowest BCUT2D eigenvalue weighted by Gasteiger charge is -2.34. The number of nitrogens with one attached hydrogen (secondary N) is 1. The predicted octanol–water partition coefficient (Wildman–Crippen LogP) is 1.62. The normalized spacial score (nSPS) is 16.2. The second kappa shape index (κ2) is 6.89. The number of rotatable bonds is 5. The molecule has 0 bridgehead atoms. The maximum Gasteiger partial charge on any atom is 0.252 e. The molecule has 0 atom stereocenters. The van der Waals surface area contributed by atoms with Crippen molar-refractivity contribution in [2.45, 2.75) is 33.6 Å². The topological polar surface area (TPSA) is 71.2 Å². The van der Waals surface area contributed by atoms with Crippen LogP contribution in [0.25, 0.3) is 0 Å². The minimum absolute atomic E-state index is 0.384. The van der Waals surface area contributed by atoms with Crippen molar-refractivity contribution in [2.24, 2.45) is 11.7 Å². The van der Waals surface area contributed by atoms with Gasteiger partial charge in [-0.15, -0.1) is 0 Å². The number of hydrogen-bond donors (Lipinski definition) is 2. The summed E-state index contributed by atoms with van der Waals surface area (Å²) in [5.41, 5.74) is 7.97. The van der Waals surface area contributed by atoms with E-state index >= 15 is 0 Å². The molecule has 0 aromatic carbocycles. The molecule has 1 saturated heterocycles. The van der Waals surface area contributed by atoms with E-state index in [0.717, 1.165) is 56.1 Å². The second-order valence-corrected chi connectivity index (χ2v) is 5.88. The number of primary amides is 1. The van der Waals surface area contributed by atoms with E-state index in [9.17, 15) is 4.79 Å². The molecular weight excluding hydrogens is 264 g/mol. The monoisotopic (exact) mass is 290 g/mol. The van der Waals surface area contributed by atoms with Crippen LogP contribution in [0, 0.1) is 19.8 Å². The average Bonchev–Trinajstić information content (AvgIpc) is 2.44. The van der Waals surface area contributed by atoms with Crippen LogP contribution in [-0.4, -0.2) is 37.1 Å². The lowest BCUT2D eigenvalue weighted by atomic mass is 9.96. The molecule has 0 spiro atoms. The molecule has 5 heteroatoms. The summed E-state index contributed by atoms with van der Waals surface area (Å²) in [5, 5.41) is 3.41. The molecule has 2 heterocycles. The Morgan fingerprint density at radius 1 is 1.43 bits per heavy atom. The van der Waals surface area contributed by atoms with E-state index in [1.165, 1.54) is 0 Å². The van der Waals surface area contributed by atoms with Crippen LogP contribution in [0.4, 0.5) is 5.82 Å². The molecule has 3 N–H and O–H groups in total. The number of anilines is 1. The highest BCUT2D eigenvalue weighted by atomic mass is 16.1. The van der Waals surface area contributed by atoms with Gasteiger partial charge in [0.2, 0.25) is 0 Å². The molecule has 5 nitrogen and oxygen atoms in total. The van der Waals surface area contributed by atoms with Gasteiger partial charge in [-0.3, -0.25) is 4.79 Å². The molecule has 0 radical (unpaired) electrons. The molecule has 0 aliphatic carbocycles. The highest BCUT2D eigenvalue weighted by molar-refractivity contribution is 5.99. The van der Waals surface area contributed by atoms with Crippen molar-refractivity contribution >= 4 is 11.7 Å². The first kappa shape index (κ1) is 15.8. The Bertz CT molecular complexity index is 507. The second-order valence-electron chi connectivity index (χ2n) is 5.88. The summed E-state index contributed by atoms with van der Waals surface area (Å²) in [6, 6.07) is 1.92. The number of aromatic nitrogens is 1. The quantitative estimate of drug-likeness (QED) is 0.864. The fourth-order valence-electron chi connectivity index (χ4n) is 3.05. The summed E-state index contributed by atoms with van der Waals surface area (Å²) >= 11 is 0. The number of carbonyl (C=O) groups is 1. The van der Waals surface area contributed by atoms with Crippen molar-refractivity contribution in [3.8, 4) is 0 Å². The number of nitrogens with two attached hydrogens (primary N) is 1. The lowest BCUT2D eigenvalue weighted by Crippen LogP contribution is -2.39. The Balaban J connectivity index is 2.14. The first-order valence-corrected chi connectivity index (χ1v) is 7.76. The van der Waals surface area contributed by atoms with Crippen molar-refractivity contribution in [2.75, 3.05) is 31.1 Å². The fourth-order valence-corrected chi connectivity index (χ4v) is 3.05. The number of carbonyl (C=O) groups excluding carboxylic acids is 1. The summed E-state index contributed by atoms with van der Waals surface area (Å²) in [6.45, 7) is 9.99. The number of nitrogens with zero attached hydrogens (tertiary/aromatic N) is 2. The zero-order valence-corrected chi connectivity index (χ0v) is 13.3. The van der Waals surface area contributed by atoms with Gasteiger partial charge in [-0.25, -0.2) is 4.98 Å². The van der Waals surface area contributed by atoms with Crippen molar-refractivity contribution in [3.63, 3.8) is 0 Å². The molecular formula is C16H26N4O. The molecule has 1 amide bonds. The van der Waals surface area contributed by atoms with Gasteiger partial charge in [-0.1, -0.05) is 6.92 Å². The smallest absolute Gasteiger partial charge is 0.252 e. The van der Waals surface area contributed by atoms with E-state index in [4.69, 9.17) is 5.73 Å². The molecule has 1 fully saturated rings. The Morgan fingerprint density at radius 2 is 2.10 bits per heavy atom. The molecule has 1 aromatic heterocycles. The van der Waals surface area contributed by atoms with Crippen LogP contribution in [0.15, 0.2) is 6.07 Å². The maximum atomic E-state index is 11.7. The molecule has 2 rings (SSSR count). The van der Waals surface area contributed by atoms with Gasteiger partial charge in [-0.05, 0) is 57.3 Å². The van der Waals surface area contributed by atoms with Crippen LogP contribution in [0.3, 0.4) is 0 Å². The van der Waals surface area contributed by atoms with Crippen LogP contribution in [0.2, 0.25) is 0 Å². The van der Waals surface area contributed by atoms with Gasteiger partial charge in [-0.2, -0.15) is 0 Å². The van der Waals surface area contributed by atoms with Crippen LogP contribution >= 0.6 is 0 Å². The minimum atomic E-state index is -0.384. The van der Waals surface area contributed by atoms with Crippen LogP contribution in [0.1, 0.15) is 41.4 Å². The van der Waals surface area contributed by atoms with E-state index in [1.54, 1.807) is 0 Å². The van der Waals surface area contributed by atoms with Gasteiger partial charge in [0.1, 0.15) is 5.82 Å². The van der Waals surface area contributed by atoms with Crippen LogP contribution in [0.5, 0.6) is 0 Å². The third-order valence-electron chi connectivity index (χ3n) is 4.17. The van der Waals surface area contributed by atoms with Crippen molar-refractivity contribution < 1.29 is 4.79 Å². The van der Waals surface area contributed by atoms with Crippen LogP contribution < -0.4 is 16.0 Å². The molecule has 116 valence electrons. The summed E-state index contributed by atoms with van der Waals surface area (Å²) < 4.78 is 0. The third-order valence-corrected chi connectivity index (χ3v) is 4.17. The zero-order valence-electron chi connectivity index (χ0n) is 13.3. The highest BCUT2D eigenvalue weighted by Crippen LogP contribution is 2.26.